The molecule has 0 aliphatic heterocycles. The van der Waals surface area contributed by atoms with E-state index >= 15 is 0 Å². The molecule has 0 aromatic carbocycles. The van der Waals surface area contributed by atoms with Crippen molar-refractivity contribution in [1.82, 2.24) is 25.1 Å². The van der Waals surface area contributed by atoms with Gasteiger partial charge in [-0.1, -0.05) is 30.9 Å². The van der Waals surface area contributed by atoms with Crippen molar-refractivity contribution in [2.24, 2.45) is 0 Å². The van der Waals surface area contributed by atoms with Gasteiger partial charge in [0.05, 0.1) is 29.2 Å². The number of nitrogens with zero attached hydrogens (tertiary/aromatic N) is 4. The second kappa shape index (κ2) is 8.98. The number of carbonyl (C=O) groups is 1. The van der Waals surface area contributed by atoms with E-state index in [1.807, 2.05) is 17.1 Å². The van der Waals surface area contributed by atoms with Gasteiger partial charge in [0.15, 0.2) is 0 Å². The molecule has 4 rings (SSSR count). The predicted octanol–water partition coefficient (Wildman–Crippen LogP) is 3.44. The van der Waals surface area contributed by atoms with Gasteiger partial charge in [0.1, 0.15) is 0 Å². The van der Waals surface area contributed by atoms with E-state index in [1.165, 1.54) is 44.9 Å². The van der Waals surface area contributed by atoms with Gasteiger partial charge >= 0.3 is 0 Å². The van der Waals surface area contributed by atoms with E-state index in [9.17, 15) is 0 Å². The largest absolute Gasteiger partial charge is 0.362 e. The second-order valence-corrected chi connectivity index (χ2v) is 7.12. The smallest absolute Gasteiger partial charge is 0.223 e. The Morgan fingerprint density at radius 1 is 1.19 bits per heavy atom. The number of carbonyl (C=O) groups excluding carboxylic acids is 1. The van der Waals surface area contributed by atoms with Gasteiger partial charge < -0.3 is 10.6 Å². The average Bonchev–Trinajstić information content (AvgIpc) is 3.42. The molecule has 2 aliphatic rings. The molecule has 2 aliphatic carbocycles. The Morgan fingerprint density at radius 3 is 2.58 bits per heavy atom. The van der Waals surface area contributed by atoms with Gasteiger partial charge in [-0.05, 0) is 25.7 Å². The molecule has 0 unspecified atom stereocenters. The summed E-state index contributed by atoms with van der Waals surface area (Å²) < 4.78 is 2.02. The van der Waals surface area contributed by atoms with E-state index in [1.54, 1.807) is 13.2 Å². The van der Waals surface area contributed by atoms with Crippen molar-refractivity contribution in [3.05, 3.63) is 23.6 Å². The number of nitrogens with one attached hydrogen (secondary N) is 2. The topological polar surface area (TPSA) is 84.7 Å². The fourth-order valence-corrected chi connectivity index (χ4v) is 3.27. The molecular formula is C18H25ClN6O. The number of anilines is 1. The lowest BCUT2D eigenvalue weighted by Crippen LogP contribution is -2.23. The zero-order valence-corrected chi connectivity index (χ0v) is 15.7. The molecular weight excluding hydrogens is 352 g/mol. The Balaban J connectivity index is 0.000000447. The van der Waals surface area contributed by atoms with Crippen LogP contribution in [0.25, 0.3) is 11.3 Å². The molecule has 0 bridgehead atoms. The minimum absolute atomic E-state index is 0.483. The van der Waals surface area contributed by atoms with Gasteiger partial charge in [-0.25, -0.2) is 9.97 Å². The monoisotopic (exact) mass is 376 g/mol. The highest BCUT2D eigenvalue weighted by Gasteiger charge is 2.25. The van der Waals surface area contributed by atoms with E-state index in [0.717, 1.165) is 11.3 Å². The van der Waals surface area contributed by atoms with Crippen LogP contribution in [0.4, 0.5) is 5.95 Å². The highest BCUT2D eigenvalue weighted by molar-refractivity contribution is 6.32. The minimum atomic E-state index is 0.483. The Labute approximate surface area is 158 Å². The van der Waals surface area contributed by atoms with Crippen LogP contribution in [-0.4, -0.2) is 39.2 Å². The highest BCUT2D eigenvalue weighted by Crippen LogP contribution is 2.36. The lowest BCUT2D eigenvalue weighted by atomic mass is 9.96. The third kappa shape index (κ3) is 4.94. The van der Waals surface area contributed by atoms with Crippen LogP contribution in [0.2, 0.25) is 5.02 Å². The Morgan fingerprint density at radius 2 is 1.92 bits per heavy atom. The highest BCUT2D eigenvalue weighted by atomic mass is 35.5. The molecule has 0 saturated heterocycles. The van der Waals surface area contributed by atoms with Crippen molar-refractivity contribution in [3.63, 3.8) is 0 Å². The zero-order valence-electron chi connectivity index (χ0n) is 15.0. The number of hydrogen-bond donors (Lipinski definition) is 2. The fraction of sp³-hybridized carbons (Fsp3) is 0.556. The Hall–Kier alpha value is -2.15. The second-order valence-electron chi connectivity index (χ2n) is 6.72. The summed E-state index contributed by atoms with van der Waals surface area (Å²) in [6, 6.07) is 1.05. The lowest BCUT2D eigenvalue weighted by molar-refractivity contribution is -0.109. The molecule has 2 N–H and O–H groups in total. The van der Waals surface area contributed by atoms with Crippen molar-refractivity contribution < 1.29 is 4.79 Å². The first-order valence-corrected chi connectivity index (χ1v) is 9.53. The van der Waals surface area contributed by atoms with E-state index in [2.05, 4.69) is 25.7 Å². The van der Waals surface area contributed by atoms with Crippen LogP contribution < -0.4 is 10.6 Å². The molecule has 0 radical (unpaired) electrons. The van der Waals surface area contributed by atoms with Gasteiger partial charge in [-0.2, -0.15) is 5.10 Å². The molecule has 2 aromatic heterocycles. The molecule has 2 heterocycles. The predicted molar refractivity (Wildman–Crippen MR) is 102 cm³/mol. The summed E-state index contributed by atoms with van der Waals surface area (Å²) in [4.78, 5) is 18.0. The summed E-state index contributed by atoms with van der Waals surface area (Å²) in [5, 5.41) is 10.7. The lowest BCUT2D eigenvalue weighted by Gasteiger charge is -2.22. The fourth-order valence-electron chi connectivity index (χ4n) is 3.07. The molecule has 2 fully saturated rings. The van der Waals surface area contributed by atoms with Crippen LogP contribution in [0.1, 0.15) is 51.0 Å². The molecule has 2 saturated carbocycles. The van der Waals surface area contributed by atoms with Crippen LogP contribution in [0.3, 0.4) is 0 Å². The van der Waals surface area contributed by atoms with E-state index in [4.69, 9.17) is 16.4 Å². The summed E-state index contributed by atoms with van der Waals surface area (Å²) in [6.45, 7) is 0. The molecule has 140 valence electrons. The maximum atomic E-state index is 9.06. The van der Waals surface area contributed by atoms with E-state index in [-0.39, 0.29) is 0 Å². The van der Waals surface area contributed by atoms with Crippen molar-refractivity contribution >= 4 is 24.0 Å². The molecule has 2 aromatic rings. The van der Waals surface area contributed by atoms with Gasteiger partial charge in [0, 0.05) is 24.8 Å². The average molecular weight is 377 g/mol. The first-order valence-electron chi connectivity index (χ1n) is 9.15. The van der Waals surface area contributed by atoms with Gasteiger partial charge in [0.2, 0.25) is 12.4 Å². The first-order chi connectivity index (χ1) is 12.7. The molecule has 8 heteroatoms. The van der Waals surface area contributed by atoms with E-state index in [0.29, 0.717) is 29.5 Å². The molecule has 0 spiro atoms. The van der Waals surface area contributed by atoms with Crippen molar-refractivity contribution in [3.8, 4) is 11.3 Å². The van der Waals surface area contributed by atoms with Gasteiger partial charge in [-0.3, -0.25) is 9.48 Å². The number of aromatic nitrogens is 4. The SMILES string of the molecule is CNC=O.Clc1cnc(NC2CCCCC2)nc1-c1cnn(C2CC2)c1. The number of hydrogen-bond acceptors (Lipinski definition) is 5. The normalized spacial score (nSPS) is 17.2. The van der Waals surface area contributed by atoms with Crippen LogP contribution in [-0.2, 0) is 4.79 Å². The third-order valence-electron chi connectivity index (χ3n) is 4.60. The third-order valence-corrected chi connectivity index (χ3v) is 4.87. The minimum Gasteiger partial charge on any atom is -0.362 e. The Bertz CT molecular complexity index is 724. The first kappa shape index (κ1) is 18.6. The summed E-state index contributed by atoms with van der Waals surface area (Å²) >= 11 is 6.29. The summed E-state index contributed by atoms with van der Waals surface area (Å²) in [7, 11) is 1.56. The van der Waals surface area contributed by atoms with Crippen LogP contribution in [0.5, 0.6) is 0 Å². The van der Waals surface area contributed by atoms with Crippen molar-refractivity contribution in [2.45, 2.75) is 57.0 Å². The van der Waals surface area contributed by atoms with Crippen molar-refractivity contribution in [1.29, 1.82) is 0 Å². The number of halogens is 1. The number of amides is 1. The standard InChI is InChI=1S/C16H20ClN5.C2H5NO/c17-14-9-18-16(20-12-4-2-1-3-5-12)21-15(14)11-8-19-22(10-11)13-6-7-13;1-3-2-4/h8-10,12-13H,1-7H2,(H,18,20,21);2H,1H3,(H,3,4). The van der Waals surface area contributed by atoms with Crippen molar-refractivity contribution in [2.75, 3.05) is 12.4 Å². The maximum Gasteiger partial charge on any atom is 0.223 e. The van der Waals surface area contributed by atoms with E-state index < -0.39 is 0 Å². The summed E-state index contributed by atoms with van der Waals surface area (Å²) in [6.07, 6.45) is 14.9. The molecule has 26 heavy (non-hydrogen) atoms. The van der Waals surface area contributed by atoms with Crippen LogP contribution in [0, 0.1) is 0 Å². The quantitative estimate of drug-likeness (QED) is 0.781. The van der Waals surface area contributed by atoms with Crippen LogP contribution in [0.15, 0.2) is 18.6 Å². The maximum absolute atomic E-state index is 9.06. The summed E-state index contributed by atoms with van der Waals surface area (Å²) in [5.74, 6) is 0.672. The van der Waals surface area contributed by atoms with Crippen LogP contribution >= 0.6 is 11.6 Å². The molecule has 1 amide bonds. The Kier molecular flexibility index (Phi) is 6.44. The molecule has 7 nitrogen and oxygen atoms in total. The zero-order chi connectivity index (χ0) is 18.4. The molecule has 0 atom stereocenters. The van der Waals surface area contributed by atoms with Gasteiger partial charge in [0.25, 0.3) is 0 Å². The summed E-state index contributed by atoms with van der Waals surface area (Å²) in [5.41, 5.74) is 1.73. The van der Waals surface area contributed by atoms with Gasteiger partial charge in [-0.15, -0.1) is 0 Å². The number of rotatable bonds is 5.